The second-order valence-corrected chi connectivity index (χ2v) is 17.1. The minimum absolute atomic E-state index is 0. The summed E-state index contributed by atoms with van der Waals surface area (Å²) in [7, 11) is 1.49. The van der Waals surface area contributed by atoms with Gasteiger partial charge in [0.1, 0.15) is 11.8 Å². The average Bonchev–Trinajstić information content (AvgIpc) is 3.81. The van der Waals surface area contributed by atoms with Crippen molar-refractivity contribution in [3.63, 3.8) is 0 Å². The molecule has 6 rings (SSSR count). The third-order valence-electron chi connectivity index (χ3n) is 11.8. The van der Waals surface area contributed by atoms with E-state index < -0.39 is 30.3 Å². The molecule has 67 heavy (non-hydrogen) atoms. The van der Waals surface area contributed by atoms with Crippen molar-refractivity contribution >= 4 is 47.1 Å². The zero-order valence-corrected chi connectivity index (χ0v) is 38.3. The van der Waals surface area contributed by atoms with Gasteiger partial charge in [0.25, 0.3) is 11.8 Å². The third kappa shape index (κ3) is 13.1. The molecule has 0 aliphatic carbocycles. The molecule has 2 saturated heterocycles. The molecule has 2 aromatic carbocycles. The van der Waals surface area contributed by atoms with Crippen LogP contribution >= 0.6 is 0 Å². The third-order valence-corrected chi connectivity index (χ3v) is 11.8. The van der Waals surface area contributed by atoms with Crippen molar-refractivity contribution in [1.82, 2.24) is 20.4 Å². The van der Waals surface area contributed by atoms with Gasteiger partial charge in [-0.2, -0.15) is 0 Å². The Morgan fingerprint density at radius 2 is 1.57 bits per heavy atom. The fourth-order valence-corrected chi connectivity index (χ4v) is 8.34. The Kier molecular flexibility index (Phi) is 18.8. The molecule has 0 bridgehead atoms. The summed E-state index contributed by atoms with van der Waals surface area (Å²) < 4.78 is 28.8. The summed E-state index contributed by atoms with van der Waals surface area (Å²) in [6, 6.07) is 5.59. The number of nitrogens with zero attached hydrogens (tertiary/aromatic N) is 7. The molecule has 4 aliphatic rings. The molecule has 0 unspecified atom stereocenters. The number of benzene rings is 2. The Bertz CT molecular complexity index is 2260. The van der Waals surface area contributed by atoms with Gasteiger partial charge in [-0.3, -0.25) is 29.0 Å². The van der Waals surface area contributed by atoms with Gasteiger partial charge in [-0.25, -0.2) is 0 Å². The van der Waals surface area contributed by atoms with Crippen LogP contribution in [0.25, 0.3) is 10.4 Å². The van der Waals surface area contributed by atoms with Crippen LogP contribution in [-0.4, -0.2) is 143 Å². The number of aryl methyl sites for hydroxylation is 1. The van der Waals surface area contributed by atoms with Crippen molar-refractivity contribution in [3.8, 4) is 17.2 Å². The predicted molar refractivity (Wildman–Crippen MR) is 253 cm³/mol. The van der Waals surface area contributed by atoms with Gasteiger partial charge < -0.3 is 49.0 Å². The first-order valence-electron chi connectivity index (χ1n) is 22.4. The first kappa shape index (κ1) is 51.6. The summed E-state index contributed by atoms with van der Waals surface area (Å²) in [5, 5.41) is 8.84. The summed E-state index contributed by atoms with van der Waals surface area (Å²) in [4.78, 5) is 80.0. The van der Waals surface area contributed by atoms with Gasteiger partial charge in [0, 0.05) is 55.9 Å². The van der Waals surface area contributed by atoms with E-state index in [2.05, 4.69) is 38.8 Å². The monoisotopic (exact) mass is 927 g/mol. The van der Waals surface area contributed by atoms with Gasteiger partial charge in [0.05, 0.1) is 87.9 Å². The van der Waals surface area contributed by atoms with Crippen LogP contribution in [0.3, 0.4) is 0 Å². The molecular weight excluding hydrogens is 863 g/mol. The number of hydrogen-bond acceptors (Lipinski definition) is 12. The zero-order valence-electron chi connectivity index (χ0n) is 38.3. The van der Waals surface area contributed by atoms with Gasteiger partial charge in [0.2, 0.25) is 17.7 Å². The van der Waals surface area contributed by atoms with E-state index in [0.29, 0.717) is 73.3 Å². The number of azide groups is 1. The van der Waals surface area contributed by atoms with Crippen LogP contribution in [0.2, 0.25) is 0 Å². The van der Waals surface area contributed by atoms with Crippen molar-refractivity contribution in [2.45, 2.75) is 84.8 Å². The standard InChI is InChI=1S/C47H61N9O10.CH4/c1-29(2)44(52-42(57)10-14-63-16-17-64-15-11-51-53-48)45(59)50-25-43(58)56-28-34-19-31(4)27-55(34)47(61)36-21-40(62-6)41(23-38(36)56)66-13-9-7-8-12-65-39-22-37-35(20-32(39)5)46(60)54-26-30(3)18-33(54)24-49-37;/h20-24,29,33-34,44H,3-4,7-19,25-28H2,1-2,5-6H3,(H,50,59)(H,52,57);1H4/t33-,34-,44-;/m0./s1. The predicted octanol–water partition coefficient (Wildman–Crippen LogP) is 5.86. The van der Waals surface area contributed by atoms with Gasteiger partial charge in [-0.05, 0) is 68.2 Å². The number of rotatable bonds is 23. The smallest absolute Gasteiger partial charge is 0.256 e. The minimum Gasteiger partial charge on any atom is -0.493 e. The van der Waals surface area contributed by atoms with Crippen LogP contribution < -0.4 is 29.7 Å². The van der Waals surface area contributed by atoms with E-state index >= 15 is 0 Å². The molecule has 362 valence electrons. The van der Waals surface area contributed by atoms with E-state index in [4.69, 9.17) is 29.2 Å². The highest BCUT2D eigenvalue weighted by Crippen LogP contribution is 2.40. The minimum atomic E-state index is -0.920. The first-order chi connectivity index (χ1) is 31.8. The lowest BCUT2D eigenvalue weighted by Gasteiger charge is -2.27. The maximum absolute atomic E-state index is 14.1. The van der Waals surface area contributed by atoms with Crippen molar-refractivity contribution in [1.29, 1.82) is 0 Å². The van der Waals surface area contributed by atoms with Crippen LogP contribution in [0, 0.1) is 12.8 Å². The lowest BCUT2D eigenvalue weighted by molar-refractivity contribution is -0.131. The van der Waals surface area contributed by atoms with Crippen LogP contribution in [0.1, 0.15) is 86.1 Å². The Balaban J connectivity index is 0.00000840. The van der Waals surface area contributed by atoms with Gasteiger partial charge in [0.15, 0.2) is 11.5 Å². The van der Waals surface area contributed by atoms with Gasteiger partial charge in [-0.15, -0.1) is 0 Å². The second kappa shape index (κ2) is 24.4. The van der Waals surface area contributed by atoms with E-state index in [1.165, 1.54) is 12.0 Å². The molecular formula is C48H65N9O10. The van der Waals surface area contributed by atoms with E-state index in [-0.39, 0.29) is 88.7 Å². The maximum atomic E-state index is 14.1. The van der Waals surface area contributed by atoms with Crippen molar-refractivity contribution in [2.75, 3.05) is 84.4 Å². The topological polar surface area (TPSA) is 226 Å². The highest BCUT2D eigenvalue weighted by Gasteiger charge is 2.40. The molecule has 4 aliphatic heterocycles. The molecule has 19 nitrogen and oxygen atoms in total. The number of unbranched alkanes of at least 4 members (excludes halogenated alkanes) is 2. The lowest BCUT2D eigenvalue weighted by Crippen LogP contribution is -2.52. The number of anilines is 1. The number of carbonyl (C=O) groups is 5. The molecule has 0 saturated carbocycles. The van der Waals surface area contributed by atoms with E-state index in [1.54, 1.807) is 30.9 Å². The van der Waals surface area contributed by atoms with Crippen molar-refractivity contribution in [3.05, 3.63) is 75.7 Å². The highest BCUT2D eigenvalue weighted by molar-refractivity contribution is 6.08. The molecule has 19 heteroatoms. The number of fused-ring (bicyclic) bond motifs is 4. The summed E-state index contributed by atoms with van der Waals surface area (Å²) in [5.41, 5.74) is 12.8. The highest BCUT2D eigenvalue weighted by atomic mass is 16.5. The molecule has 5 amide bonds. The number of aliphatic imine (C=N–C) groups is 1. The Labute approximate surface area is 392 Å². The summed E-state index contributed by atoms with van der Waals surface area (Å²) in [6.45, 7) is 16.2. The molecule has 2 fully saturated rings. The first-order valence-corrected chi connectivity index (χ1v) is 22.4. The lowest BCUT2D eigenvalue weighted by atomic mass is 10.0. The molecule has 0 spiro atoms. The second-order valence-electron chi connectivity index (χ2n) is 17.1. The van der Waals surface area contributed by atoms with Gasteiger partial charge >= 0.3 is 0 Å². The number of hydrogen-bond donors (Lipinski definition) is 2. The molecule has 2 aromatic rings. The number of methoxy groups -OCH3 is 1. The Morgan fingerprint density at radius 3 is 2.28 bits per heavy atom. The number of carbonyl (C=O) groups excluding carboxylic acids is 5. The normalized spacial score (nSPS) is 17.6. The maximum Gasteiger partial charge on any atom is 0.256 e. The fraction of sp³-hybridized carbons (Fsp3) is 0.542. The van der Waals surface area contributed by atoms with Crippen LogP contribution in [0.4, 0.5) is 11.4 Å². The van der Waals surface area contributed by atoms with Crippen LogP contribution in [0.5, 0.6) is 17.2 Å². The quantitative estimate of drug-likeness (QED) is 0.0444. The van der Waals surface area contributed by atoms with Crippen LogP contribution in [-0.2, 0) is 23.9 Å². The molecule has 2 N–H and O–H groups in total. The Hall–Kier alpha value is -6.43. The van der Waals surface area contributed by atoms with Crippen LogP contribution in [0.15, 0.2) is 58.7 Å². The summed E-state index contributed by atoms with van der Waals surface area (Å²) in [6.07, 6.45) is 5.26. The molecule has 4 heterocycles. The zero-order chi connectivity index (χ0) is 47.3. The average molecular weight is 928 g/mol. The Morgan fingerprint density at radius 1 is 0.881 bits per heavy atom. The SMILES string of the molecule is C.C=C1C[C@H]2CN(C(=O)CNC(=O)[C@@H](NC(=O)CCOCCOCCN=[N+]=[N-])C(C)C)c3cc(OCCCCCOc4cc5c(cc4C)C(=O)N4CC(=C)C[C@H]4C=N5)c(OC)cc3C(=O)N2C1. The largest absolute Gasteiger partial charge is 0.493 e. The summed E-state index contributed by atoms with van der Waals surface area (Å²) >= 11 is 0. The van der Waals surface area contributed by atoms with Crippen molar-refractivity contribution < 1.29 is 47.7 Å². The van der Waals surface area contributed by atoms with E-state index in [1.807, 2.05) is 30.2 Å². The molecule has 0 radical (unpaired) electrons. The molecule has 3 atom stereocenters. The van der Waals surface area contributed by atoms with E-state index in [0.717, 1.165) is 36.0 Å². The number of nitrogens with one attached hydrogen (secondary N) is 2. The number of amides is 5. The fourth-order valence-electron chi connectivity index (χ4n) is 8.34. The van der Waals surface area contributed by atoms with Gasteiger partial charge in [-0.1, -0.05) is 50.7 Å². The van der Waals surface area contributed by atoms with Crippen molar-refractivity contribution in [2.24, 2.45) is 16.0 Å². The number of ether oxygens (including phenoxy) is 5. The molecule has 0 aromatic heterocycles. The summed E-state index contributed by atoms with van der Waals surface area (Å²) in [5.74, 6) is -0.610. The van der Waals surface area contributed by atoms with E-state index in [9.17, 15) is 24.0 Å².